The Morgan fingerprint density at radius 1 is 0.833 bits per heavy atom. The number of benzene rings is 3. The minimum absolute atomic E-state index is 0.824. The fourth-order valence-electron chi connectivity index (χ4n) is 3.36. The third-order valence-electron chi connectivity index (χ3n) is 5.28. The molecule has 4 nitrogen and oxygen atoms in total. The van der Waals surface area contributed by atoms with Gasteiger partial charge in [-0.1, -0.05) is 48.2 Å². The molecule has 0 N–H and O–H groups in total. The van der Waals surface area contributed by atoms with Crippen molar-refractivity contribution in [2.45, 2.75) is 31.7 Å². The molecule has 0 bridgehead atoms. The van der Waals surface area contributed by atoms with Gasteiger partial charge >= 0.3 is 0 Å². The third kappa shape index (κ3) is 4.12. The molecule has 3 aromatic carbocycles. The lowest BCUT2D eigenvalue weighted by atomic mass is 10.1. The molecule has 30 heavy (non-hydrogen) atoms. The number of aryl methyl sites for hydroxylation is 3. The molecule has 0 atom stereocenters. The Balaban J connectivity index is 1.73. The summed E-state index contributed by atoms with van der Waals surface area (Å²) in [5.41, 5.74) is 7.19. The highest BCUT2D eigenvalue weighted by Gasteiger charge is 2.17. The molecular formula is C25H25N3OS. The Bertz CT molecular complexity index is 1170. The Labute approximate surface area is 181 Å². The first kappa shape index (κ1) is 20.2. The lowest BCUT2D eigenvalue weighted by molar-refractivity contribution is 0.415. The maximum Gasteiger partial charge on any atom is 0.196 e. The molecule has 0 saturated heterocycles. The van der Waals surface area contributed by atoms with Crippen molar-refractivity contribution in [2.75, 3.05) is 7.11 Å². The zero-order chi connectivity index (χ0) is 21.1. The molecule has 0 saturated carbocycles. The lowest BCUT2D eigenvalue weighted by Gasteiger charge is -2.13. The van der Waals surface area contributed by atoms with Crippen molar-refractivity contribution < 1.29 is 4.74 Å². The quantitative estimate of drug-likeness (QED) is 0.354. The molecule has 0 fully saturated rings. The van der Waals surface area contributed by atoms with E-state index in [4.69, 9.17) is 4.74 Å². The number of nitrogens with zero attached hydrogens (tertiary/aromatic N) is 3. The fraction of sp³-hybridized carbons (Fsp3) is 0.200. The lowest BCUT2D eigenvalue weighted by Crippen LogP contribution is -2.02. The molecule has 0 unspecified atom stereocenters. The zero-order valence-corrected chi connectivity index (χ0v) is 18.5. The molecule has 4 aromatic rings. The Kier molecular flexibility index (Phi) is 5.91. The van der Waals surface area contributed by atoms with E-state index in [2.05, 4.69) is 78.0 Å². The summed E-state index contributed by atoms with van der Waals surface area (Å²) in [6.45, 7) is 6.41. The summed E-state index contributed by atoms with van der Waals surface area (Å²) < 4.78 is 7.46. The van der Waals surface area contributed by atoms with Crippen LogP contribution in [0.15, 0.2) is 71.9 Å². The highest BCUT2D eigenvalue weighted by molar-refractivity contribution is 7.98. The summed E-state index contributed by atoms with van der Waals surface area (Å²) in [5.74, 6) is 2.49. The van der Waals surface area contributed by atoms with Gasteiger partial charge in [0.2, 0.25) is 0 Å². The van der Waals surface area contributed by atoms with Crippen LogP contribution in [-0.4, -0.2) is 21.9 Å². The molecule has 1 heterocycles. The minimum atomic E-state index is 0.824. The van der Waals surface area contributed by atoms with Crippen molar-refractivity contribution in [2.24, 2.45) is 0 Å². The zero-order valence-electron chi connectivity index (χ0n) is 17.7. The normalized spacial score (nSPS) is 10.9. The molecule has 0 radical (unpaired) electrons. The maximum absolute atomic E-state index is 5.30. The van der Waals surface area contributed by atoms with Crippen LogP contribution in [0.25, 0.3) is 17.1 Å². The number of ether oxygens (including phenoxy) is 1. The molecule has 4 rings (SSSR count). The molecule has 0 aliphatic rings. The van der Waals surface area contributed by atoms with Gasteiger partial charge < -0.3 is 4.74 Å². The van der Waals surface area contributed by atoms with Crippen LogP contribution in [0.3, 0.4) is 0 Å². The highest BCUT2D eigenvalue weighted by atomic mass is 32.2. The van der Waals surface area contributed by atoms with E-state index >= 15 is 0 Å². The molecule has 152 valence electrons. The van der Waals surface area contributed by atoms with Crippen LogP contribution in [0.4, 0.5) is 0 Å². The van der Waals surface area contributed by atoms with Crippen LogP contribution in [0.5, 0.6) is 5.75 Å². The van der Waals surface area contributed by atoms with Crippen molar-refractivity contribution in [3.05, 3.63) is 89.0 Å². The average Bonchev–Trinajstić information content (AvgIpc) is 3.18. The number of thioether (sulfide) groups is 1. The number of aromatic nitrogens is 3. The number of para-hydroxylation sites is 1. The van der Waals surface area contributed by atoms with Crippen molar-refractivity contribution in [1.29, 1.82) is 0 Å². The monoisotopic (exact) mass is 415 g/mol. The second kappa shape index (κ2) is 8.76. The number of methoxy groups -OCH3 is 1. The number of hydrogen-bond donors (Lipinski definition) is 0. The molecule has 1 aromatic heterocycles. The minimum Gasteiger partial charge on any atom is -0.497 e. The maximum atomic E-state index is 5.30. The smallest absolute Gasteiger partial charge is 0.196 e. The number of hydrogen-bond acceptors (Lipinski definition) is 4. The van der Waals surface area contributed by atoms with Gasteiger partial charge in [-0.2, -0.15) is 0 Å². The summed E-state index contributed by atoms with van der Waals surface area (Å²) in [6.07, 6.45) is 0. The van der Waals surface area contributed by atoms with Crippen LogP contribution >= 0.6 is 11.8 Å². The molecule has 0 aliphatic heterocycles. The van der Waals surface area contributed by atoms with E-state index in [1.54, 1.807) is 18.9 Å². The van der Waals surface area contributed by atoms with Crippen molar-refractivity contribution in [1.82, 2.24) is 14.8 Å². The van der Waals surface area contributed by atoms with E-state index in [1.807, 2.05) is 24.3 Å². The summed E-state index contributed by atoms with van der Waals surface area (Å²) in [5, 5.41) is 9.99. The molecule has 0 aliphatic carbocycles. The predicted octanol–water partition coefficient (Wildman–Crippen LogP) is 6.16. The Morgan fingerprint density at radius 2 is 1.60 bits per heavy atom. The average molecular weight is 416 g/mol. The van der Waals surface area contributed by atoms with Gasteiger partial charge in [0.05, 0.1) is 12.8 Å². The van der Waals surface area contributed by atoms with Crippen LogP contribution in [0.1, 0.15) is 22.3 Å². The van der Waals surface area contributed by atoms with Crippen molar-refractivity contribution in [3.63, 3.8) is 0 Å². The Morgan fingerprint density at radius 3 is 2.30 bits per heavy atom. The third-order valence-corrected chi connectivity index (χ3v) is 6.28. The van der Waals surface area contributed by atoms with E-state index in [-0.39, 0.29) is 0 Å². The van der Waals surface area contributed by atoms with Crippen molar-refractivity contribution in [3.8, 4) is 22.8 Å². The van der Waals surface area contributed by atoms with E-state index in [1.165, 1.54) is 22.3 Å². The fourth-order valence-corrected chi connectivity index (χ4v) is 4.25. The Hall–Kier alpha value is -3.05. The van der Waals surface area contributed by atoms with E-state index < -0.39 is 0 Å². The van der Waals surface area contributed by atoms with E-state index in [0.717, 1.165) is 33.7 Å². The van der Waals surface area contributed by atoms with Gasteiger partial charge in [0.15, 0.2) is 11.0 Å². The van der Waals surface area contributed by atoms with Crippen LogP contribution in [0.2, 0.25) is 0 Å². The second-order valence-electron chi connectivity index (χ2n) is 7.36. The molecule has 0 spiro atoms. The predicted molar refractivity (Wildman–Crippen MR) is 124 cm³/mol. The molecule has 0 amide bonds. The summed E-state index contributed by atoms with van der Waals surface area (Å²) >= 11 is 1.71. The van der Waals surface area contributed by atoms with Gasteiger partial charge in [0.25, 0.3) is 0 Å². The van der Waals surface area contributed by atoms with Gasteiger partial charge in [-0.3, -0.25) is 4.57 Å². The SMILES string of the molecule is COc1ccc(-c2nnc(SCc3ccc(C)c(C)c3)n2-c2ccccc2C)cc1. The summed E-state index contributed by atoms with van der Waals surface area (Å²) in [6, 6.07) is 22.9. The summed E-state index contributed by atoms with van der Waals surface area (Å²) in [4.78, 5) is 0. The standard InChI is InChI=1S/C25H25N3OS/c1-17-9-10-20(15-19(17)3)16-30-25-27-26-24(21-11-13-22(29-4)14-12-21)28(25)23-8-6-5-7-18(23)2/h5-15H,16H2,1-4H3. The molecular weight excluding hydrogens is 390 g/mol. The van der Waals surface area contributed by atoms with Gasteiger partial charge in [-0.25, -0.2) is 0 Å². The van der Waals surface area contributed by atoms with Gasteiger partial charge in [-0.05, 0) is 73.4 Å². The van der Waals surface area contributed by atoms with Gasteiger partial charge in [0, 0.05) is 11.3 Å². The van der Waals surface area contributed by atoms with Gasteiger partial charge in [-0.15, -0.1) is 10.2 Å². The molecule has 5 heteroatoms. The van der Waals surface area contributed by atoms with Crippen LogP contribution in [0, 0.1) is 20.8 Å². The van der Waals surface area contributed by atoms with Gasteiger partial charge in [0.1, 0.15) is 5.75 Å². The highest BCUT2D eigenvalue weighted by Crippen LogP contribution is 2.31. The van der Waals surface area contributed by atoms with Crippen molar-refractivity contribution >= 4 is 11.8 Å². The topological polar surface area (TPSA) is 39.9 Å². The first-order valence-corrected chi connectivity index (χ1v) is 10.9. The first-order chi connectivity index (χ1) is 14.6. The van der Waals surface area contributed by atoms with Crippen LogP contribution < -0.4 is 4.74 Å². The second-order valence-corrected chi connectivity index (χ2v) is 8.31. The van der Waals surface area contributed by atoms with E-state index in [9.17, 15) is 0 Å². The first-order valence-electron chi connectivity index (χ1n) is 9.91. The van der Waals surface area contributed by atoms with E-state index in [0.29, 0.717) is 0 Å². The largest absolute Gasteiger partial charge is 0.497 e. The number of rotatable bonds is 6. The summed E-state index contributed by atoms with van der Waals surface area (Å²) in [7, 11) is 1.67. The van der Waals surface area contributed by atoms with Crippen LogP contribution in [-0.2, 0) is 5.75 Å².